The number of thioether (sulfide) groups is 1. The summed E-state index contributed by atoms with van der Waals surface area (Å²) in [6.07, 6.45) is 0.736. The van der Waals surface area contributed by atoms with Gasteiger partial charge in [0, 0.05) is 31.0 Å². The Balaban J connectivity index is 1.59. The lowest BCUT2D eigenvalue weighted by Gasteiger charge is -2.24. The summed E-state index contributed by atoms with van der Waals surface area (Å²) in [7, 11) is 0. The number of hydrogen-bond donors (Lipinski definition) is 0. The molecule has 2 heterocycles. The lowest BCUT2D eigenvalue weighted by Crippen LogP contribution is -2.32. The molecular formula is C14H17N3OS. The van der Waals surface area contributed by atoms with Crippen LogP contribution in [0.15, 0.2) is 34.9 Å². The zero-order valence-corrected chi connectivity index (χ0v) is 11.6. The first-order valence-electron chi connectivity index (χ1n) is 6.55. The Hall–Kier alpha value is -1.33. The molecule has 1 saturated heterocycles. The van der Waals surface area contributed by atoms with Crippen LogP contribution >= 0.6 is 11.8 Å². The highest BCUT2D eigenvalue weighted by Gasteiger charge is 2.14. The Morgan fingerprint density at radius 3 is 2.74 bits per heavy atom. The van der Waals surface area contributed by atoms with Crippen LogP contribution in [0.3, 0.4) is 0 Å². The summed E-state index contributed by atoms with van der Waals surface area (Å²) in [5.41, 5.74) is 1.21. The zero-order chi connectivity index (χ0) is 12.9. The fourth-order valence-electron chi connectivity index (χ4n) is 2.16. The molecule has 1 aromatic heterocycles. The van der Waals surface area contributed by atoms with Crippen LogP contribution in [-0.4, -0.2) is 39.6 Å². The molecule has 19 heavy (non-hydrogen) atoms. The van der Waals surface area contributed by atoms with Gasteiger partial charge in [0.2, 0.25) is 5.89 Å². The summed E-state index contributed by atoms with van der Waals surface area (Å²) in [5.74, 6) is 3.90. The third-order valence-corrected chi connectivity index (χ3v) is 4.12. The molecule has 0 saturated carbocycles. The molecule has 3 rings (SSSR count). The minimum Gasteiger partial charge on any atom is -0.338 e. The molecule has 2 aromatic rings. The second-order valence-electron chi connectivity index (χ2n) is 4.66. The van der Waals surface area contributed by atoms with Crippen molar-refractivity contribution in [2.75, 3.05) is 24.6 Å². The third kappa shape index (κ3) is 3.58. The number of nitrogens with zero attached hydrogens (tertiary/aromatic N) is 3. The van der Waals surface area contributed by atoms with E-state index in [1.165, 1.54) is 17.1 Å². The third-order valence-electron chi connectivity index (χ3n) is 3.18. The van der Waals surface area contributed by atoms with Crippen molar-refractivity contribution in [3.05, 3.63) is 47.6 Å². The fourth-order valence-corrected chi connectivity index (χ4v) is 3.13. The summed E-state index contributed by atoms with van der Waals surface area (Å²) < 4.78 is 5.33. The first-order valence-corrected chi connectivity index (χ1v) is 7.71. The van der Waals surface area contributed by atoms with Crippen LogP contribution in [0.25, 0.3) is 0 Å². The highest BCUT2D eigenvalue weighted by Crippen LogP contribution is 2.13. The summed E-state index contributed by atoms with van der Waals surface area (Å²) in [4.78, 5) is 6.84. The summed E-state index contributed by atoms with van der Waals surface area (Å²) in [6.45, 7) is 3.00. The monoisotopic (exact) mass is 275 g/mol. The van der Waals surface area contributed by atoms with E-state index in [0.29, 0.717) is 0 Å². The molecule has 0 spiro atoms. The van der Waals surface area contributed by atoms with Gasteiger partial charge in [-0.15, -0.1) is 0 Å². The highest BCUT2D eigenvalue weighted by molar-refractivity contribution is 7.99. The molecule has 0 amide bonds. The van der Waals surface area contributed by atoms with Gasteiger partial charge in [0.05, 0.1) is 6.54 Å². The molecule has 1 aliphatic rings. The largest absolute Gasteiger partial charge is 0.338 e. The molecule has 1 aliphatic heterocycles. The number of aromatic nitrogens is 2. The van der Waals surface area contributed by atoms with Crippen molar-refractivity contribution < 1.29 is 4.52 Å². The van der Waals surface area contributed by atoms with Crippen LogP contribution in [-0.2, 0) is 13.0 Å². The highest BCUT2D eigenvalue weighted by atomic mass is 32.2. The Labute approximate surface area is 117 Å². The second kappa shape index (κ2) is 6.21. The van der Waals surface area contributed by atoms with E-state index in [9.17, 15) is 0 Å². The van der Waals surface area contributed by atoms with E-state index >= 15 is 0 Å². The van der Waals surface area contributed by atoms with Crippen molar-refractivity contribution in [1.82, 2.24) is 15.0 Å². The van der Waals surface area contributed by atoms with Gasteiger partial charge >= 0.3 is 0 Å². The fraction of sp³-hybridized carbons (Fsp3) is 0.429. The van der Waals surface area contributed by atoms with E-state index in [4.69, 9.17) is 4.52 Å². The number of hydrogen-bond acceptors (Lipinski definition) is 5. The van der Waals surface area contributed by atoms with Crippen molar-refractivity contribution in [3.63, 3.8) is 0 Å². The van der Waals surface area contributed by atoms with Crippen LogP contribution in [0.1, 0.15) is 17.3 Å². The van der Waals surface area contributed by atoms with Crippen LogP contribution in [0.2, 0.25) is 0 Å². The molecule has 0 aliphatic carbocycles. The van der Waals surface area contributed by atoms with Gasteiger partial charge in [-0.3, -0.25) is 4.90 Å². The Morgan fingerprint density at radius 2 is 1.95 bits per heavy atom. The maximum Gasteiger partial charge on any atom is 0.240 e. The number of rotatable bonds is 4. The predicted octanol–water partition coefficient (Wildman–Crippen LogP) is 2.21. The van der Waals surface area contributed by atoms with Crippen molar-refractivity contribution >= 4 is 11.8 Å². The molecule has 0 unspecified atom stereocenters. The smallest absolute Gasteiger partial charge is 0.240 e. The summed E-state index contributed by atoms with van der Waals surface area (Å²) in [6, 6.07) is 10.2. The summed E-state index contributed by atoms with van der Waals surface area (Å²) in [5, 5.41) is 4.06. The Bertz CT molecular complexity index is 508. The SMILES string of the molecule is c1ccc(Cc2noc(CN3CCSCC3)n2)cc1. The Kier molecular flexibility index (Phi) is 4.15. The molecule has 0 atom stereocenters. The van der Waals surface area contributed by atoms with Gasteiger partial charge in [0.15, 0.2) is 5.82 Å². The standard InChI is InChI=1S/C14H17N3OS/c1-2-4-12(5-3-1)10-13-15-14(18-16-13)11-17-6-8-19-9-7-17/h1-5H,6-11H2. The minimum atomic E-state index is 0.734. The van der Waals surface area contributed by atoms with Gasteiger partial charge in [-0.2, -0.15) is 16.7 Å². The lowest BCUT2D eigenvalue weighted by atomic mass is 10.1. The molecule has 0 N–H and O–H groups in total. The van der Waals surface area contributed by atoms with Gasteiger partial charge in [0.1, 0.15) is 0 Å². The van der Waals surface area contributed by atoms with Gasteiger partial charge in [0.25, 0.3) is 0 Å². The van der Waals surface area contributed by atoms with Crippen molar-refractivity contribution in [1.29, 1.82) is 0 Å². The van der Waals surface area contributed by atoms with Gasteiger partial charge in [-0.1, -0.05) is 35.5 Å². The van der Waals surface area contributed by atoms with Gasteiger partial charge < -0.3 is 4.52 Å². The van der Waals surface area contributed by atoms with Crippen molar-refractivity contribution in [3.8, 4) is 0 Å². The second-order valence-corrected chi connectivity index (χ2v) is 5.88. The van der Waals surface area contributed by atoms with E-state index in [-0.39, 0.29) is 0 Å². The van der Waals surface area contributed by atoms with Crippen molar-refractivity contribution in [2.45, 2.75) is 13.0 Å². The lowest BCUT2D eigenvalue weighted by molar-refractivity contribution is 0.245. The molecule has 0 radical (unpaired) electrons. The number of benzene rings is 1. The molecular weight excluding hydrogens is 258 g/mol. The van der Waals surface area contributed by atoms with Crippen LogP contribution < -0.4 is 0 Å². The molecule has 4 nitrogen and oxygen atoms in total. The molecule has 5 heteroatoms. The van der Waals surface area contributed by atoms with E-state index in [1.807, 2.05) is 30.0 Å². The minimum absolute atomic E-state index is 0.734. The summed E-state index contributed by atoms with van der Waals surface area (Å²) >= 11 is 2.01. The van der Waals surface area contributed by atoms with Gasteiger partial charge in [-0.25, -0.2) is 0 Å². The maximum absolute atomic E-state index is 5.33. The van der Waals surface area contributed by atoms with E-state index in [2.05, 4.69) is 27.2 Å². The van der Waals surface area contributed by atoms with E-state index in [0.717, 1.165) is 37.8 Å². The normalized spacial score (nSPS) is 16.6. The van der Waals surface area contributed by atoms with Crippen LogP contribution in [0.5, 0.6) is 0 Å². The van der Waals surface area contributed by atoms with Crippen LogP contribution in [0, 0.1) is 0 Å². The predicted molar refractivity (Wildman–Crippen MR) is 76.1 cm³/mol. The first kappa shape index (κ1) is 12.7. The molecule has 1 fully saturated rings. The van der Waals surface area contributed by atoms with E-state index in [1.54, 1.807) is 0 Å². The van der Waals surface area contributed by atoms with E-state index < -0.39 is 0 Å². The average Bonchev–Trinajstić information content (AvgIpc) is 2.88. The maximum atomic E-state index is 5.33. The van der Waals surface area contributed by atoms with Crippen molar-refractivity contribution in [2.24, 2.45) is 0 Å². The van der Waals surface area contributed by atoms with Gasteiger partial charge in [-0.05, 0) is 5.56 Å². The average molecular weight is 275 g/mol. The topological polar surface area (TPSA) is 42.2 Å². The first-order chi connectivity index (χ1) is 9.40. The molecule has 100 valence electrons. The molecule has 0 bridgehead atoms. The zero-order valence-electron chi connectivity index (χ0n) is 10.8. The van der Waals surface area contributed by atoms with Crippen LogP contribution in [0.4, 0.5) is 0 Å². The Morgan fingerprint density at radius 1 is 1.16 bits per heavy atom. The quantitative estimate of drug-likeness (QED) is 0.856. The molecule has 1 aromatic carbocycles.